The number of halogens is 4. The number of para-hydroxylation sites is 1. The molecule has 0 spiro atoms. The minimum atomic E-state index is -4.46. The van der Waals surface area contributed by atoms with Crippen molar-refractivity contribution < 1.29 is 17.9 Å². The second kappa shape index (κ2) is 5.21. The number of aryl methyl sites for hydroxylation is 1. The fraction of sp³-hybridized carbons (Fsp3) is 0.154. The van der Waals surface area contributed by atoms with E-state index in [4.69, 9.17) is 4.74 Å². The zero-order valence-electron chi connectivity index (χ0n) is 9.83. The minimum Gasteiger partial charge on any atom is -0.438 e. The quantitative estimate of drug-likeness (QED) is 0.775. The maximum atomic E-state index is 12.8. The second-order valence-corrected chi connectivity index (χ2v) is 4.67. The van der Waals surface area contributed by atoms with Crippen molar-refractivity contribution >= 4 is 15.9 Å². The van der Waals surface area contributed by atoms with Gasteiger partial charge in [-0.1, -0.05) is 12.1 Å². The SMILES string of the molecule is Cc1nc(Oc2ccccc2C(F)(F)F)ccc1Br. The van der Waals surface area contributed by atoms with Crippen LogP contribution in [0, 0.1) is 6.92 Å². The molecule has 0 amide bonds. The monoisotopic (exact) mass is 331 g/mol. The van der Waals surface area contributed by atoms with Crippen molar-refractivity contribution in [3.63, 3.8) is 0 Å². The van der Waals surface area contributed by atoms with Crippen LogP contribution >= 0.6 is 15.9 Å². The average molecular weight is 332 g/mol. The molecular weight excluding hydrogens is 323 g/mol. The van der Waals surface area contributed by atoms with E-state index in [9.17, 15) is 13.2 Å². The van der Waals surface area contributed by atoms with E-state index in [1.807, 2.05) is 0 Å². The molecule has 0 atom stereocenters. The molecule has 2 nitrogen and oxygen atoms in total. The molecule has 0 radical (unpaired) electrons. The first-order chi connectivity index (χ1) is 8.88. The summed E-state index contributed by atoms with van der Waals surface area (Å²) < 4.78 is 44.3. The van der Waals surface area contributed by atoms with Gasteiger partial charge in [0.25, 0.3) is 0 Å². The summed E-state index contributed by atoms with van der Waals surface area (Å²) in [6.45, 7) is 1.73. The molecule has 0 saturated carbocycles. The topological polar surface area (TPSA) is 22.1 Å². The molecule has 19 heavy (non-hydrogen) atoms. The lowest BCUT2D eigenvalue weighted by Crippen LogP contribution is -2.07. The molecule has 0 N–H and O–H groups in total. The van der Waals surface area contributed by atoms with Gasteiger partial charge in [-0.05, 0) is 41.1 Å². The largest absolute Gasteiger partial charge is 0.438 e. The molecular formula is C13H9BrF3NO. The Hall–Kier alpha value is -1.56. The Labute approximate surface area is 116 Å². The molecule has 2 aromatic rings. The van der Waals surface area contributed by atoms with E-state index in [1.54, 1.807) is 13.0 Å². The van der Waals surface area contributed by atoms with Crippen molar-refractivity contribution in [2.75, 3.05) is 0 Å². The van der Waals surface area contributed by atoms with Crippen molar-refractivity contribution in [2.45, 2.75) is 13.1 Å². The number of hydrogen-bond acceptors (Lipinski definition) is 2. The highest BCUT2D eigenvalue weighted by atomic mass is 79.9. The molecule has 100 valence electrons. The summed E-state index contributed by atoms with van der Waals surface area (Å²) in [6.07, 6.45) is -4.46. The normalized spacial score (nSPS) is 11.4. The Morgan fingerprint density at radius 2 is 1.79 bits per heavy atom. The van der Waals surface area contributed by atoms with Crippen LogP contribution < -0.4 is 4.74 Å². The summed E-state index contributed by atoms with van der Waals surface area (Å²) in [6, 6.07) is 8.22. The number of pyridine rings is 1. The standard InChI is InChI=1S/C13H9BrF3NO/c1-8-10(14)6-7-12(18-8)19-11-5-3-2-4-9(11)13(15,16)17/h2-7H,1H3. The lowest BCUT2D eigenvalue weighted by atomic mass is 10.2. The molecule has 1 aromatic carbocycles. The highest BCUT2D eigenvalue weighted by Gasteiger charge is 2.34. The van der Waals surface area contributed by atoms with Crippen LogP contribution in [0.4, 0.5) is 13.2 Å². The third-order valence-corrected chi connectivity index (χ3v) is 3.24. The fourth-order valence-corrected chi connectivity index (χ4v) is 1.70. The molecule has 0 bridgehead atoms. The molecule has 0 aliphatic heterocycles. The number of ether oxygens (including phenoxy) is 1. The molecule has 0 aliphatic carbocycles. The summed E-state index contributed by atoms with van der Waals surface area (Å²) in [5.74, 6) is -0.137. The van der Waals surface area contributed by atoms with E-state index in [-0.39, 0.29) is 11.6 Å². The number of hydrogen-bond donors (Lipinski definition) is 0. The second-order valence-electron chi connectivity index (χ2n) is 3.81. The maximum Gasteiger partial charge on any atom is 0.419 e. The fourth-order valence-electron chi connectivity index (χ4n) is 1.48. The third-order valence-electron chi connectivity index (χ3n) is 2.40. The van der Waals surface area contributed by atoms with Crippen molar-refractivity contribution in [2.24, 2.45) is 0 Å². The predicted molar refractivity (Wildman–Crippen MR) is 68.2 cm³/mol. The minimum absolute atomic E-state index is 0.123. The van der Waals surface area contributed by atoms with Gasteiger partial charge in [0, 0.05) is 10.5 Å². The zero-order chi connectivity index (χ0) is 14.0. The molecule has 2 rings (SSSR count). The van der Waals surface area contributed by atoms with E-state index < -0.39 is 11.7 Å². The first-order valence-corrected chi connectivity index (χ1v) is 6.14. The maximum absolute atomic E-state index is 12.8. The van der Waals surface area contributed by atoms with Gasteiger partial charge >= 0.3 is 6.18 Å². The summed E-state index contributed by atoms with van der Waals surface area (Å²) in [5, 5.41) is 0. The van der Waals surface area contributed by atoms with Crippen LogP contribution in [0.3, 0.4) is 0 Å². The van der Waals surface area contributed by atoms with Gasteiger partial charge in [-0.15, -0.1) is 0 Å². The summed E-state index contributed by atoms with van der Waals surface area (Å²) in [4.78, 5) is 4.05. The molecule has 0 fully saturated rings. The van der Waals surface area contributed by atoms with Crippen molar-refractivity contribution in [1.82, 2.24) is 4.98 Å². The van der Waals surface area contributed by atoms with Crippen LogP contribution in [-0.2, 0) is 6.18 Å². The van der Waals surface area contributed by atoms with Crippen LogP contribution in [0.2, 0.25) is 0 Å². The van der Waals surface area contributed by atoms with Crippen LogP contribution in [0.5, 0.6) is 11.6 Å². The van der Waals surface area contributed by atoms with Gasteiger partial charge < -0.3 is 4.74 Å². The highest BCUT2D eigenvalue weighted by molar-refractivity contribution is 9.10. The molecule has 0 unspecified atom stereocenters. The number of nitrogens with zero attached hydrogens (tertiary/aromatic N) is 1. The van der Waals surface area contributed by atoms with E-state index in [1.165, 1.54) is 24.3 Å². The van der Waals surface area contributed by atoms with Crippen LogP contribution in [-0.4, -0.2) is 4.98 Å². The van der Waals surface area contributed by atoms with Crippen LogP contribution in [0.15, 0.2) is 40.9 Å². The van der Waals surface area contributed by atoms with E-state index in [0.29, 0.717) is 5.69 Å². The first-order valence-electron chi connectivity index (χ1n) is 5.35. The summed E-state index contributed by atoms with van der Waals surface area (Å²) in [7, 11) is 0. The molecule has 1 heterocycles. The lowest BCUT2D eigenvalue weighted by Gasteiger charge is -2.13. The first kappa shape index (κ1) is 13.9. The van der Waals surface area contributed by atoms with Gasteiger partial charge in [-0.3, -0.25) is 0 Å². The average Bonchev–Trinajstić information content (AvgIpc) is 2.33. The smallest absolute Gasteiger partial charge is 0.419 e. The number of aromatic nitrogens is 1. The Morgan fingerprint density at radius 3 is 2.42 bits per heavy atom. The molecule has 6 heteroatoms. The van der Waals surface area contributed by atoms with Crippen molar-refractivity contribution in [3.05, 3.63) is 52.1 Å². The number of rotatable bonds is 2. The summed E-state index contributed by atoms with van der Waals surface area (Å²) >= 11 is 3.26. The van der Waals surface area contributed by atoms with Gasteiger partial charge in [0.05, 0.1) is 11.3 Å². The van der Waals surface area contributed by atoms with E-state index >= 15 is 0 Å². The van der Waals surface area contributed by atoms with Crippen molar-refractivity contribution in [1.29, 1.82) is 0 Å². The van der Waals surface area contributed by atoms with E-state index in [2.05, 4.69) is 20.9 Å². The van der Waals surface area contributed by atoms with Crippen LogP contribution in [0.1, 0.15) is 11.3 Å². The Kier molecular flexibility index (Phi) is 3.80. The van der Waals surface area contributed by atoms with Gasteiger partial charge in [0.1, 0.15) is 5.75 Å². The van der Waals surface area contributed by atoms with Gasteiger partial charge in [0.15, 0.2) is 0 Å². The third kappa shape index (κ3) is 3.26. The lowest BCUT2D eigenvalue weighted by molar-refractivity contribution is -0.138. The van der Waals surface area contributed by atoms with Gasteiger partial charge in [0.2, 0.25) is 5.88 Å². The Balaban J connectivity index is 2.36. The number of alkyl halides is 3. The Morgan fingerprint density at radius 1 is 1.11 bits per heavy atom. The molecule has 1 aromatic heterocycles. The number of benzene rings is 1. The van der Waals surface area contributed by atoms with E-state index in [0.717, 1.165) is 10.5 Å². The van der Waals surface area contributed by atoms with Gasteiger partial charge in [-0.2, -0.15) is 13.2 Å². The highest BCUT2D eigenvalue weighted by Crippen LogP contribution is 2.37. The summed E-state index contributed by atoms with van der Waals surface area (Å²) in [5.41, 5.74) is -0.181. The van der Waals surface area contributed by atoms with Crippen LogP contribution in [0.25, 0.3) is 0 Å². The molecule has 0 aliphatic rings. The zero-order valence-corrected chi connectivity index (χ0v) is 11.4. The predicted octanol–water partition coefficient (Wildman–Crippen LogP) is 4.96. The molecule has 0 saturated heterocycles. The van der Waals surface area contributed by atoms with Gasteiger partial charge in [-0.25, -0.2) is 4.98 Å². The van der Waals surface area contributed by atoms with Crippen molar-refractivity contribution in [3.8, 4) is 11.6 Å². The Bertz CT molecular complexity index is 599.